The first-order valence-electron chi connectivity index (χ1n) is 25.7. The number of unbranched alkanes of at least 4 members (excludes halogenated alkanes) is 1. The molecule has 18 nitrogen and oxygen atoms in total. The van der Waals surface area contributed by atoms with Gasteiger partial charge in [-0.3, -0.25) is 28.9 Å². The number of carbonyl (C=O) groups excluding carboxylic acids is 5. The number of alkyl halides is 1. The Bertz CT molecular complexity index is 2710. The van der Waals surface area contributed by atoms with E-state index in [4.69, 9.17) is 22.1 Å². The first-order chi connectivity index (χ1) is 35.7. The number of piperidine rings is 1. The maximum atomic E-state index is 14.7. The summed E-state index contributed by atoms with van der Waals surface area (Å²) in [6.07, 6.45) is 6.15. The third kappa shape index (κ3) is 13.9. The molecule has 6 N–H and O–H groups in total. The first-order valence-corrected chi connectivity index (χ1v) is 27.8. The molecule has 3 atom stereocenters. The maximum absolute atomic E-state index is 14.7. The van der Waals surface area contributed by atoms with Gasteiger partial charge in [0, 0.05) is 56.1 Å². The van der Waals surface area contributed by atoms with E-state index < -0.39 is 47.0 Å². The number of ether oxygens (including phenoxy) is 1. The van der Waals surface area contributed by atoms with Gasteiger partial charge in [-0.25, -0.2) is 19.3 Å². The molecule has 0 bridgehead atoms. The van der Waals surface area contributed by atoms with Crippen molar-refractivity contribution in [1.29, 1.82) is 0 Å². The minimum absolute atomic E-state index is 0.00604. The summed E-state index contributed by atoms with van der Waals surface area (Å²) in [6.45, 7) is 13.9. The van der Waals surface area contributed by atoms with Gasteiger partial charge in [0.15, 0.2) is 5.67 Å². The number of benzene rings is 2. The molecule has 4 aromatic rings. The van der Waals surface area contributed by atoms with E-state index in [2.05, 4.69) is 47.6 Å². The van der Waals surface area contributed by atoms with Gasteiger partial charge in [0.1, 0.15) is 28.7 Å². The second-order valence-corrected chi connectivity index (χ2v) is 23.9. The average Bonchev–Trinajstić information content (AvgIpc) is 3.79. The minimum Gasteiger partial charge on any atom is -0.493 e. The molecule has 0 unspecified atom stereocenters. The van der Waals surface area contributed by atoms with E-state index in [1.165, 1.54) is 28.0 Å². The number of aromatic nitrogens is 3. The number of nitrogens with one attached hydrogen (secondary N) is 3. The lowest BCUT2D eigenvalue weighted by Crippen LogP contribution is -2.59. The SMILES string of the molecule is Cc1ncsc1-c1ccc(CNC(=O)[C@@H]2C[C@@H](O)CN2C(=O)[C@@H](NC(=O)C2(F)CC2)C(C)(C)C)c(OCCCCN2CCN(CC(=O)Nc3cccc(Sc4cnc(N5CCC(C)(CN)CC5)cn4)c3Cl)C(=O)C2)c1. The highest BCUT2D eigenvalue weighted by Crippen LogP contribution is 2.41. The summed E-state index contributed by atoms with van der Waals surface area (Å²) >= 11 is 9.65. The van der Waals surface area contributed by atoms with Gasteiger partial charge >= 0.3 is 0 Å². The fourth-order valence-corrected chi connectivity index (χ4v) is 11.3. The zero-order valence-corrected chi connectivity index (χ0v) is 45.7. The normalized spacial score (nSPS) is 19.9. The Morgan fingerprint density at radius 1 is 1.04 bits per heavy atom. The number of piperazine rings is 1. The number of β-amino-alcohol motifs (C(OH)–C–C–N with tert-alkyl or cyclic N) is 1. The molecule has 3 aliphatic heterocycles. The third-order valence-corrected chi connectivity index (χ3v) is 17.1. The molecular weight excluding hydrogens is 1020 g/mol. The summed E-state index contributed by atoms with van der Waals surface area (Å²) in [5, 5.41) is 20.1. The maximum Gasteiger partial charge on any atom is 0.258 e. The van der Waals surface area contributed by atoms with Crippen molar-refractivity contribution >= 4 is 75.7 Å². The standard InChI is InChI=1S/C53H69ClFN11O7S2/c1-33-46(74-32-60-33)34-11-12-35(25-59-48(70)38-24-36(67)28-66(38)49(71)47(51(2,3)4)62-50(72)53(55)13-14-53)39(23-34)73-22-7-6-17-63-20-21-65(44(69)30-63)29-42(68)61-37-9-8-10-40(45(37)54)75-43-27-57-41(26-58-43)64-18-15-52(5,31-56)16-19-64/h8-12,23,26-27,32,36,38,47,67H,6-7,13-22,24-25,28-31,56H2,1-5H3,(H,59,70)(H,61,68)(H,62,72)/t36-,38+,47-/m1/s1. The van der Waals surface area contributed by atoms with E-state index in [1.807, 2.05) is 37.3 Å². The molecule has 4 fully saturated rings. The molecule has 1 aliphatic carbocycles. The summed E-state index contributed by atoms with van der Waals surface area (Å²) in [6, 6.07) is 9.01. The lowest BCUT2D eigenvalue weighted by Gasteiger charge is -2.39. The number of hydrogen-bond donors (Lipinski definition) is 5. The molecule has 22 heteroatoms. The van der Waals surface area contributed by atoms with Crippen molar-refractivity contribution in [3.63, 3.8) is 0 Å². The first kappa shape index (κ1) is 55.8. The number of nitrogens with zero attached hydrogens (tertiary/aromatic N) is 7. The quantitative estimate of drug-likeness (QED) is 0.0657. The minimum atomic E-state index is -1.99. The van der Waals surface area contributed by atoms with E-state index in [1.54, 1.807) is 49.6 Å². The van der Waals surface area contributed by atoms with Crippen LogP contribution in [0.1, 0.15) is 83.9 Å². The highest BCUT2D eigenvalue weighted by molar-refractivity contribution is 7.99. The van der Waals surface area contributed by atoms with Crippen molar-refractivity contribution in [2.24, 2.45) is 16.6 Å². The number of aliphatic hydroxyl groups is 1. The van der Waals surface area contributed by atoms with E-state index in [9.17, 15) is 33.5 Å². The fourth-order valence-electron chi connectivity index (χ4n) is 9.47. The summed E-state index contributed by atoms with van der Waals surface area (Å²) in [5.74, 6) is -0.986. The largest absolute Gasteiger partial charge is 0.493 e. The summed E-state index contributed by atoms with van der Waals surface area (Å²) in [5.41, 5.74) is 8.05. The molecular formula is C53H69ClFN11O7S2. The van der Waals surface area contributed by atoms with Crippen LogP contribution in [0.5, 0.6) is 5.75 Å². The monoisotopic (exact) mass is 1090 g/mol. The van der Waals surface area contributed by atoms with E-state index in [-0.39, 0.29) is 62.7 Å². The summed E-state index contributed by atoms with van der Waals surface area (Å²) in [7, 11) is 0. The fraction of sp³-hybridized carbons (Fsp3) is 0.547. The topological polar surface area (TPSA) is 229 Å². The van der Waals surface area contributed by atoms with Gasteiger partial charge in [-0.05, 0) is 93.1 Å². The van der Waals surface area contributed by atoms with E-state index >= 15 is 0 Å². The van der Waals surface area contributed by atoms with E-state index in [0.717, 1.165) is 54.3 Å². The molecule has 1 saturated carbocycles. The van der Waals surface area contributed by atoms with Gasteiger partial charge in [0.05, 0.1) is 65.0 Å². The van der Waals surface area contributed by atoms with Gasteiger partial charge in [-0.1, -0.05) is 69.3 Å². The highest BCUT2D eigenvalue weighted by atomic mass is 35.5. The molecule has 8 rings (SSSR count). The van der Waals surface area contributed by atoms with Crippen molar-refractivity contribution in [2.45, 2.75) is 120 Å². The van der Waals surface area contributed by atoms with Crippen LogP contribution in [-0.2, 0) is 30.5 Å². The Balaban J connectivity index is 0.796. The van der Waals surface area contributed by atoms with Gasteiger partial charge in [0.25, 0.3) is 5.91 Å². The van der Waals surface area contributed by atoms with Crippen LogP contribution in [0.3, 0.4) is 0 Å². The molecule has 5 heterocycles. The van der Waals surface area contributed by atoms with Crippen molar-refractivity contribution in [3.05, 3.63) is 70.6 Å². The van der Waals surface area contributed by atoms with Crippen molar-refractivity contribution in [2.75, 3.05) is 75.7 Å². The van der Waals surface area contributed by atoms with Crippen LogP contribution in [-0.4, -0.2) is 154 Å². The predicted molar refractivity (Wildman–Crippen MR) is 287 cm³/mol. The van der Waals surface area contributed by atoms with Crippen molar-refractivity contribution in [1.82, 2.24) is 40.3 Å². The number of thiazole rings is 1. The number of likely N-dealkylation sites (tertiary alicyclic amines) is 1. The van der Waals surface area contributed by atoms with Crippen LogP contribution < -0.4 is 31.3 Å². The van der Waals surface area contributed by atoms with Crippen LogP contribution in [0.15, 0.2) is 64.2 Å². The average molecular weight is 1090 g/mol. The molecule has 0 radical (unpaired) electrons. The summed E-state index contributed by atoms with van der Waals surface area (Å²) in [4.78, 5) is 89.6. The second kappa shape index (κ2) is 23.8. The number of aryl methyl sites for hydroxylation is 1. The molecule has 0 spiro atoms. The predicted octanol–water partition coefficient (Wildman–Crippen LogP) is 5.83. The van der Waals surface area contributed by atoms with Gasteiger partial charge in [-0.2, -0.15) is 0 Å². The number of rotatable bonds is 20. The van der Waals surface area contributed by atoms with Crippen molar-refractivity contribution < 1.29 is 38.2 Å². The zero-order chi connectivity index (χ0) is 53.7. The molecule has 3 saturated heterocycles. The number of aliphatic hydroxyl groups excluding tert-OH is 1. The molecule has 404 valence electrons. The van der Waals surface area contributed by atoms with Gasteiger partial charge in [0.2, 0.25) is 23.6 Å². The van der Waals surface area contributed by atoms with Crippen molar-refractivity contribution in [3.8, 4) is 16.2 Å². The number of hydrogen-bond acceptors (Lipinski definition) is 15. The molecule has 2 aromatic carbocycles. The zero-order valence-electron chi connectivity index (χ0n) is 43.3. The Hall–Kier alpha value is -5.45. The molecule has 2 aromatic heterocycles. The number of anilines is 2. The Morgan fingerprint density at radius 2 is 1.81 bits per heavy atom. The molecule has 75 heavy (non-hydrogen) atoms. The Morgan fingerprint density at radius 3 is 2.48 bits per heavy atom. The Labute approximate surface area is 451 Å². The number of nitrogens with two attached hydrogens (primary N) is 1. The smallest absolute Gasteiger partial charge is 0.258 e. The van der Waals surface area contributed by atoms with Crippen LogP contribution in [0.2, 0.25) is 5.02 Å². The van der Waals surface area contributed by atoms with Crippen LogP contribution in [0, 0.1) is 17.8 Å². The summed E-state index contributed by atoms with van der Waals surface area (Å²) < 4.78 is 21.1. The lowest BCUT2D eigenvalue weighted by molar-refractivity contribution is -0.145. The lowest BCUT2D eigenvalue weighted by atomic mass is 9.80. The number of amides is 5. The van der Waals surface area contributed by atoms with Crippen LogP contribution in [0.25, 0.3) is 10.4 Å². The second-order valence-electron chi connectivity index (χ2n) is 21.6. The number of halogens is 2. The molecule has 4 aliphatic rings. The number of carbonyl (C=O) groups is 5. The molecule has 5 amide bonds. The van der Waals surface area contributed by atoms with Crippen LogP contribution >= 0.6 is 34.7 Å². The highest BCUT2D eigenvalue weighted by Gasteiger charge is 2.53. The van der Waals surface area contributed by atoms with Gasteiger partial charge < -0.3 is 46.2 Å². The van der Waals surface area contributed by atoms with Gasteiger partial charge in [-0.15, -0.1) is 11.3 Å². The third-order valence-electron chi connectivity index (χ3n) is 14.6. The van der Waals surface area contributed by atoms with E-state index in [0.29, 0.717) is 71.2 Å². The Kier molecular flexibility index (Phi) is 17.7. The van der Waals surface area contributed by atoms with Crippen LogP contribution in [0.4, 0.5) is 15.9 Å².